The summed E-state index contributed by atoms with van der Waals surface area (Å²) in [5, 5.41) is 6.57. The molecular formula is C144H99N3O3. The fourth-order valence-corrected chi connectivity index (χ4v) is 20.9. The van der Waals surface area contributed by atoms with Gasteiger partial charge < -0.3 is 28.0 Å². The maximum Gasteiger partial charge on any atom is 0.159 e. The Bertz CT molecular complexity index is 9380. The number of para-hydroxylation sites is 5. The number of hydrogen-bond donors (Lipinski definition) is 0. The summed E-state index contributed by atoms with van der Waals surface area (Å²) in [5.41, 5.74) is 42.7. The first kappa shape index (κ1) is 91.3. The second kappa shape index (κ2) is 41.4. The van der Waals surface area contributed by atoms with Crippen LogP contribution in [0.4, 0.5) is 51.2 Å². The van der Waals surface area contributed by atoms with Gasteiger partial charge in [0.05, 0.1) is 22.7 Å². The lowest BCUT2D eigenvalue weighted by Crippen LogP contribution is -2.11. The molecule has 6 heteroatoms. The van der Waals surface area contributed by atoms with Crippen molar-refractivity contribution in [3.8, 4) is 134 Å². The second-order valence-electron chi connectivity index (χ2n) is 37.7. The van der Waals surface area contributed by atoms with Crippen molar-refractivity contribution in [2.75, 3.05) is 14.7 Å². The van der Waals surface area contributed by atoms with Crippen molar-refractivity contribution < 1.29 is 13.3 Å². The number of hydrogen-bond acceptors (Lipinski definition) is 6. The van der Waals surface area contributed by atoms with E-state index in [4.69, 9.17) is 13.3 Å². The molecule has 27 rings (SSSR count). The molecule has 0 radical (unpaired) electrons. The molecule has 3 aromatic heterocycles. The minimum absolute atomic E-state index is 0.853. The highest BCUT2D eigenvalue weighted by Gasteiger charge is 2.28. The van der Waals surface area contributed by atoms with Gasteiger partial charge in [-0.2, -0.15) is 0 Å². The third-order valence-corrected chi connectivity index (χ3v) is 28.4. The molecule has 0 N–H and O–H groups in total. The van der Waals surface area contributed by atoms with Gasteiger partial charge in [-0.1, -0.05) is 479 Å². The van der Waals surface area contributed by atoms with E-state index in [0.29, 0.717) is 0 Å². The number of benzene rings is 24. The van der Waals surface area contributed by atoms with E-state index in [1.54, 1.807) is 0 Å². The SMILES string of the molecule is c1ccc(-c2ccc(-c3cc(N(c4ccc(-c5ccccc5)cc4)c4cccc(-c5ccccc5)c4)c4oc5ccccc5c4c3)cc2)cc1.c1ccc(-c2ccc(-c3cc(N(c4ccc(-c5ccccc5)cc4)c4ccccc4-c4ccccc4)c4oc5ccccc5c4c3)cc2)cc1.c1ccc(-c2ccc(-c3ccc(N(c4ccccc4)c4cc(-c5ccc(-c6ccccc6)cc5)cc5c4oc4ccccc45)cc3)cc2)cc1. The van der Waals surface area contributed by atoms with E-state index in [-0.39, 0.29) is 0 Å². The van der Waals surface area contributed by atoms with Crippen molar-refractivity contribution in [3.05, 3.63) is 601 Å². The van der Waals surface area contributed by atoms with Gasteiger partial charge in [-0.25, -0.2) is 0 Å². The maximum absolute atomic E-state index is 6.77. The van der Waals surface area contributed by atoms with Crippen LogP contribution >= 0.6 is 0 Å². The van der Waals surface area contributed by atoms with Gasteiger partial charge in [0.15, 0.2) is 16.7 Å². The first-order chi connectivity index (χ1) is 74.4. The van der Waals surface area contributed by atoms with Crippen LogP contribution in [-0.2, 0) is 0 Å². The standard InChI is InChI=1S/3C48H33NO/c1-4-14-34(15-5-1)36-24-26-38(27-25-36)40-32-44-43-21-11-13-23-47(43)50-48(44)46(33-40)49(41-30-28-37(29-31-41)35-16-6-2-7-17-35)45-22-12-10-20-42(45)39-18-8-3-9-19-39;1-4-13-34(14-5-1)37-23-25-39(26-24-37)41-32-45-44-21-10-11-22-47(44)50-48(45)46(33-41)49(42-29-27-38(28-30-42)35-15-6-2-7-16-35)43-20-12-19-40(31-43)36-17-8-3-9-18-36;1-4-12-34(13-5-1)36-20-22-38(23-21-36)39-28-30-43(31-29-39)49(42-16-8-3-9-17-42)46-33-41(32-45-44-18-10-11-19-47(44)50-48(45)46)40-26-24-37(25-27-40)35-14-6-2-7-15-35/h3*1-33H. The van der Waals surface area contributed by atoms with Crippen LogP contribution in [0.1, 0.15) is 0 Å². The smallest absolute Gasteiger partial charge is 0.159 e. The van der Waals surface area contributed by atoms with Crippen molar-refractivity contribution in [1.29, 1.82) is 0 Å². The largest absolute Gasteiger partial charge is 0.454 e. The number of nitrogens with zero attached hydrogens (tertiary/aromatic N) is 3. The zero-order valence-corrected chi connectivity index (χ0v) is 82.2. The van der Waals surface area contributed by atoms with Crippen LogP contribution in [0.15, 0.2) is 614 Å². The Morgan fingerprint density at radius 2 is 0.307 bits per heavy atom. The number of furan rings is 3. The van der Waals surface area contributed by atoms with Gasteiger partial charge in [0.1, 0.15) is 16.7 Å². The van der Waals surface area contributed by atoms with Gasteiger partial charge >= 0.3 is 0 Å². The van der Waals surface area contributed by atoms with Crippen molar-refractivity contribution in [1.82, 2.24) is 0 Å². The van der Waals surface area contributed by atoms with Crippen LogP contribution in [0.2, 0.25) is 0 Å². The zero-order valence-electron chi connectivity index (χ0n) is 82.2. The summed E-state index contributed by atoms with van der Waals surface area (Å²) in [5.74, 6) is 0. The molecule has 0 unspecified atom stereocenters. The Hall–Kier alpha value is -19.9. The summed E-state index contributed by atoms with van der Waals surface area (Å²) in [4.78, 5) is 7.02. The fourth-order valence-electron chi connectivity index (χ4n) is 20.9. The molecule has 0 amide bonds. The summed E-state index contributed by atoms with van der Waals surface area (Å²) in [6, 6.07) is 213. The number of anilines is 9. The van der Waals surface area contributed by atoms with Crippen LogP contribution in [0.5, 0.6) is 0 Å². The third-order valence-electron chi connectivity index (χ3n) is 28.4. The molecule has 0 saturated heterocycles. The Kier molecular flexibility index (Phi) is 25.2. The Morgan fingerprint density at radius 3 is 0.613 bits per heavy atom. The minimum atomic E-state index is 0.853. The molecular weight excluding hydrogens is 1820 g/mol. The molecule has 3 heterocycles. The van der Waals surface area contributed by atoms with E-state index in [0.717, 1.165) is 167 Å². The average Bonchev–Trinajstić information content (AvgIpc) is 1.60. The van der Waals surface area contributed by atoms with Crippen LogP contribution < -0.4 is 14.7 Å². The average molecular weight is 1920 g/mol. The fraction of sp³-hybridized carbons (Fsp3) is 0. The molecule has 0 aliphatic heterocycles. The summed E-state index contributed by atoms with van der Waals surface area (Å²) < 4.78 is 20.2. The van der Waals surface area contributed by atoms with E-state index < -0.39 is 0 Å². The Morgan fingerprint density at radius 1 is 0.107 bits per heavy atom. The molecule has 0 aliphatic carbocycles. The molecule has 6 nitrogen and oxygen atoms in total. The Labute approximate surface area is 872 Å². The Balaban J connectivity index is 0.000000116. The molecule has 150 heavy (non-hydrogen) atoms. The van der Waals surface area contributed by atoms with Gasteiger partial charge in [0.2, 0.25) is 0 Å². The van der Waals surface area contributed by atoms with E-state index >= 15 is 0 Å². The van der Waals surface area contributed by atoms with Crippen LogP contribution in [-0.4, -0.2) is 0 Å². The quantitative estimate of drug-likeness (QED) is 0.0715. The van der Waals surface area contributed by atoms with Crippen molar-refractivity contribution in [2.45, 2.75) is 0 Å². The highest BCUT2D eigenvalue weighted by atomic mass is 16.3. The van der Waals surface area contributed by atoms with Gasteiger partial charge in [0, 0.05) is 66.3 Å². The van der Waals surface area contributed by atoms with Crippen molar-refractivity contribution >= 4 is 117 Å². The predicted molar refractivity (Wildman–Crippen MR) is 630 cm³/mol. The van der Waals surface area contributed by atoms with E-state index in [9.17, 15) is 0 Å². The van der Waals surface area contributed by atoms with Crippen LogP contribution in [0.3, 0.4) is 0 Å². The van der Waals surface area contributed by atoms with E-state index in [2.05, 4.69) is 597 Å². The van der Waals surface area contributed by atoms with Gasteiger partial charge in [0.25, 0.3) is 0 Å². The second-order valence-corrected chi connectivity index (χ2v) is 37.7. The first-order valence-electron chi connectivity index (χ1n) is 51.0. The molecule has 0 atom stereocenters. The zero-order chi connectivity index (χ0) is 99.8. The normalized spacial score (nSPS) is 11.2. The molecule has 0 spiro atoms. The van der Waals surface area contributed by atoms with E-state index in [1.165, 1.54) is 83.5 Å². The minimum Gasteiger partial charge on any atom is -0.454 e. The lowest BCUT2D eigenvalue weighted by molar-refractivity contribution is 0.669. The number of fused-ring (bicyclic) bond motifs is 9. The number of rotatable bonds is 21. The van der Waals surface area contributed by atoms with Crippen molar-refractivity contribution in [3.63, 3.8) is 0 Å². The molecule has 0 bridgehead atoms. The molecule has 24 aromatic carbocycles. The highest BCUT2D eigenvalue weighted by molar-refractivity contribution is 6.16. The van der Waals surface area contributed by atoms with Crippen molar-refractivity contribution in [2.24, 2.45) is 0 Å². The van der Waals surface area contributed by atoms with Crippen LogP contribution in [0.25, 0.3) is 199 Å². The van der Waals surface area contributed by atoms with Gasteiger partial charge in [-0.3, -0.25) is 0 Å². The van der Waals surface area contributed by atoms with Gasteiger partial charge in [-0.05, 0) is 249 Å². The van der Waals surface area contributed by atoms with Gasteiger partial charge in [-0.15, -0.1) is 0 Å². The summed E-state index contributed by atoms with van der Waals surface area (Å²) >= 11 is 0. The molecule has 27 aromatic rings. The lowest BCUT2D eigenvalue weighted by Gasteiger charge is -2.28. The topological polar surface area (TPSA) is 49.1 Å². The monoisotopic (exact) mass is 1920 g/mol. The molecule has 0 fully saturated rings. The van der Waals surface area contributed by atoms with Crippen LogP contribution in [0, 0.1) is 0 Å². The molecule has 0 saturated carbocycles. The maximum atomic E-state index is 6.77. The summed E-state index contributed by atoms with van der Waals surface area (Å²) in [7, 11) is 0. The summed E-state index contributed by atoms with van der Waals surface area (Å²) in [6.45, 7) is 0. The molecule has 708 valence electrons. The molecule has 0 aliphatic rings. The first-order valence-corrected chi connectivity index (χ1v) is 51.0. The highest BCUT2D eigenvalue weighted by Crippen LogP contribution is 2.52. The lowest BCUT2D eigenvalue weighted by atomic mass is 9.97. The summed E-state index contributed by atoms with van der Waals surface area (Å²) in [6.07, 6.45) is 0. The predicted octanol–water partition coefficient (Wildman–Crippen LogP) is 41.2. The van der Waals surface area contributed by atoms with E-state index in [1.807, 2.05) is 18.2 Å². The third kappa shape index (κ3) is 18.8.